The molecular weight excluding hydrogens is 250 g/mol. The second-order valence-electron chi connectivity index (χ2n) is 4.46. The third-order valence-electron chi connectivity index (χ3n) is 2.79. The molecule has 0 spiro atoms. The van der Waals surface area contributed by atoms with E-state index in [9.17, 15) is 0 Å². The van der Waals surface area contributed by atoms with Gasteiger partial charge < -0.3 is 15.6 Å². The van der Waals surface area contributed by atoms with Crippen molar-refractivity contribution in [3.8, 4) is 5.75 Å². The highest BCUT2D eigenvalue weighted by molar-refractivity contribution is 6.32. The molecule has 1 rings (SSSR count). The van der Waals surface area contributed by atoms with Crippen LogP contribution in [-0.4, -0.2) is 18.3 Å². The Balaban J connectivity index is 2.34. The molecule has 0 heterocycles. The van der Waals surface area contributed by atoms with Gasteiger partial charge in [0.05, 0.1) is 11.6 Å². The van der Waals surface area contributed by atoms with Gasteiger partial charge in [0.15, 0.2) is 0 Å². The number of aliphatic hydroxyl groups is 1. The van der Waals surface area contributed by atoms with Gasteiger partial charge in [-0.25, -0.2) is 0 Å². The first-order valence-corrected chi connectivity index (χ1v) is 6.81. The van der Waals surface area contributed by atoms with Gasteiger partial charge >= 0.3 is 0 Å². The van der Waals surface area contributed by atoms with Crippen molar-refractivity contribution in [1.29, 1.82) is 0 Å². The first-order valence-electron chi connectivity index (χ1n) is 6.44. The number of hydrogen-bond donors (Lipinski definition) is 2. The zero-order valence-electron chi connectivity index (χ0n) is 10.9. The normalized spacial score (nSPS) is 12.4. The molecule has 3 nitrogen and oxygen atoms in total. The van der Waals surface area contributed by atoms with Gasteiger partial charge in [0.2, 0.25) is 0 Å². The quantitative estimate of drug-likeness (QED) is 0.714. The van der Waals surface area contributed by atoms with Crippen LogP contribution in [0.5, 0.6) is 5.75 Å². The Morgan fingerprint density at radius 2 is 2.00 bits per heavy atom. The lowest BCUT2D eigenvalue weighted by Crippen LogP contribution is -2.05. The molecule has 0 fully saturated rings. The monoisotopic (exact) mass is 271 g/mol. The maximum atomic E-state index is 8.65. The number of rotatable bonds is 8. The predicted molar refractivity (Wildman–Crippen MR) is 75.1 cm³/mol. The standard InChI is InChI=1S/C14H22ClNO2/c1-11(16)12-6-7-14(13(15)10-12)18-9-5-3-2-4-8-17/h6-7,10-11,17H,2-5,8-9,16H2,1H3. The highest BCUT2D eigenvalue weighted by atomic mass is 35.5. The molecule has 1 aromatic rings. The summed E-state index contributed by atoms with van der Waals surface area (Å²) in [5.74, 6) is 0.711. The largest absolute Gasteiger partial charge is 0.492 e. The van der Waals surface area contributed by atoms with Crippen molar-refractivity contribution in [3.05, 3.63) is 28.8 Å². The summed E-state index contributed by atoms with van der Waals surface area (Å²) in [6.07, 6.45) is 3.95. The lowest BCUT2D eigenvalue weighted by Gasteiger charge is -2.11. The van der Waals surface area contributed by atoms with Crippen LogP contribution >= 0.6 is 11.6 Å². The minimum atomic E-state index is -0.0185. The molecule has 0 bridgehead atoms. The molecule has 0 saturated heterocycles. The van der Waals surface area contributed by atoms with E-state index in [1.165, 1.54) is 0 Å². The van der Waals surface area contributed by atoms with Gasteiger partial charge in [-0.05, 0) is 43.9 Å². The molecule has 0 aromatic heterocycles. The van der Waals surface area contributed by atoms with E-state index in [2.05, 4.69) is 0 Å². The first kappa shape index (κ1) is 15.3. The summed E-state index contributed by atoms with van der Waals surface area (Å²) in [4.78, 5) is 0. The minimum absolute atomic E-state index is 0.0185. The van der Waals surface area contributed by atoms with Crippen LogP contribution in [-0.2, 0) is 0 Å². The van der Waals surface area contributed by atoms with Crippen LogP contribution in [0.25, 0.3) is 0 Å². The molecule has 0 aliphatic rings. The third-order valence-corrected chi connectivity index (χ3v) is 3.09. The fraction of sp³-hybridized carbons (Fsp3) is 0.571. The van der Waals surface area contributed by atoms with Gasteiger partial charge in [0.25, 0.3) is 0 Å². The summed E-state index contributed by atoms with van der Waals surface area (Å²) in [5, 5.41) is 9.26. The van der Waals surface area contributed by atoms with Crippen molar-refractivity contribution in [2.45, 2.75) is 38.6 Å². The molecule has 0 aliphatic carbocycles. The second kappa shape index (κ2) is 8.35. The van der Waals surface area contributed by atoms with E-state index in [0.29, 0.717) is 17.4 Å². The van der Waals surface area contributed by atoms with E-state index in [4.69, 9.17) is 27.2 Å². The number of aliphatic hydroxyl groups excluding tert-OH is 1. The Labute approximate surface area is 114 Å². The van der Waals surface area contributed by atoms with Crippen LogP contribution in [0.3, 0.4) is 0 Å². The fourth-order valence-corrected chi connectivity index (χ4v) is 1.91. The first-order chi connectivity index (χ1) is 8.65. The van der Waals surface area contributed by atoms with Gasteiger partial charge in [0, 0.05) is 12.6 Å². The molecule has 102 valence electrons. The second-order valence-corrected chi connectivity index (χ2v) is 4.87. The molecular formula is C14H22ClNO2. The summed E-state index contributed by atoms with van der Waals surface area (Å²) >= 11 is 6.12. The van der Waals surface area contributed by atoms with Gasteiger partial charge in [-0.2, -0.15) is 0 Å². The highest BCUT2D eigenvalue weighted by Gasteiger charge is 2.05. The summed E-state index contributed by atoms with van der Waals surface area (Å²) in [6.45, 7) is 2.85. The van der Waals surface area contributed by atoms with E-state index in [0.717, 1.165) is 31.2 Å². The molecule has 1 atom stereocenters. The van der Waals surface area contributed by atoms with Gasteiger partial charge in [0.1, 0.15) is 5.75 Å². The zero-order valence-corrected chi connectivity index (χ0v) is 11.6. The van der Waals surface area contributed by atoms with E-state index in [1.807, 2.05) is 25.1 Å². The summed E-state index contributed by atoms with van der Waals surface area (Å²) in [6, 6.07) is 5.65. The maximum absolute atomic E-state index is 8.65. The van der Waals surface area contributed by atoms with Crippen LogP contribution in [0.2, 0.25) is 5.02 Å². The molecule has 0 saturated carbocycles. The lowest BCUT2D eigenvalue weighted by molar-refractivity contribution is 0.273. The summed E-state index contributed by atoms with van der Waals surface area (Å²) in [7, 11) is 0. The topological polar surface area (TPSA) is 55.5 Å². The Kier molecular flexibility index (Phi) is 7.09. The Bertz CT molecular complexity index is 356. The van der Waals surface area contributed by atoms with E-state index >= 15 is 0 Å². The van der Waals surface area contributed by atoms with Crippen molar-refractivity contribution >= 4 is 11.6 Å². The lowest BCUT2D eigenvalue weighted by atomic mass is 10.1. The molecule has 1 unspecified atom stereocenters. The molecule has 3 N–H and O–H groups in total. The summed E-state index contributed by atoms with van der Waals surface area (Å²) in [5.41, 5.74) is 6.79. The van der Waals surface area contributed by atoms with Crippen molar-refractivity contribution < 1.29 is 9.84 Å². The molecule has 0 aliphatic heterocycles. The number of halogens is 1. The average molecular weight is 272 g/mol. The van der Waals surface area contributed by atoms with Crippen molar-refractivity contribution in [1.82, 2.24) is 0 Å². The van der Waals surface area contributed by atoms with E-state index < -0.39 is 0 Å². The fourth-order valence-electron chi connectivity index (χ4n) is 1.67. The van der Waals surface area contributed by atoms with Crippen LogP contribution in [0.1, 0.15) is 44.2 Å². The van der Waals surface area contributed by atoms with Gasteiger partial charge in [-0.3, -0.25) is 0 Å². The predicted octanol–water partition coefficient (Wildman–Crippen LogP) is 3.29. The zero-order chi connectivity index (χ0) is 13.4. The Morgan fingerprint density at radius 1 is 1.28 bits per heavy atom. The summed E-state index contributed by atoms with van der Waals surface area (Å²) < 4.78 is 5.62. The maximum Gasteiger partial charge on any atom is 0.137 e. The number of nitrogens with two attached hydrogens (primary N) is 1. The molecule has 18 heavy (non-hydrogen) atoms. The average Bonchev–Trinajstić information content (AvgIpc) is 2.35. The third kappa shape index (κ3) is 5.25. The number of benzene rings is 1. The minimum Gasteiger partial charge on any atom is -0.492 e. The number of unbranched alkanes of at least 4 members (excludes halogenated alkanes) is 3. The smallest absolute Gasteiger partial charge is 0.137 e. The van der Waals surface area contributed by atoms with Crippen molar-refractivity contribution in [2.75, 3.05) is 13.2 Å². The molecule has 1 aromatic carbocycles. The molecule has 0 amide bonds. The number of ether oxygens (including phenoxy) is 1. The molecule has 0 radical (unpaired) electrons. The van der Waals surface area contributed by atoms with Crippen LogP contribution in [0.4, 0.5) is 0 Å². The van der Waals surface area contributed by atoms with E-state index in [1.54, 1.807) is 0 Å². The van der Waals surface area contributed by atoms with Crippen LogP contribution < -0.4 is 10.5 Å². The van der Waals surface area contributed by atoms with Crippen molar-refractivity contribution in [3.63, 3.8) is 0 Å². The van der Waals surface area contributed by atoms with E-state index in [-0.39, 0.29) is 12.6 Å². The molecule has 4 heteroatoms. The van der Waals surface area contributed by atoms with Crippen LogP contribution in [0.15, 0.2) is 18.2 Å². The van der Waals surface area contributed by atoms with Gasteiger partial charge in [-0.15, -0.1) is 0 Å². The Morgan fingerprint density at radius 3 is 2.61 bits per heavy atom. The van der Waals surface area contributed by atoms with Crippen LogP contribution in [0, 0.1) is 0 Å². The van der Waals surface area contributed by atoms with Crippen molar-refractivity contribution in [2.24, 2.45) is 5.73 Å². The SMILES string of the molecule is CC(N)c1ccc(OCCCCCCO)c(Cl)c1. The number of hydrogen-bond acceptors (Lipinski definition) is 3. The van der Waals surface area contributed by atoms with Gasteiger partial charge in [-0.1, -0.05) is 24.1 Å². The highest BCUT2D eigenvalue weighted by Crippen LogP contribution is 2.27. The Hall–Kier alpha value is -0.770.